The van der Waals surface area contributed by atoms with E-state index in [0.717, 1.165) is 5.56 Å². The number of ether oxygens (including phenoxy) is 1. The molecule has 0 unspecified atom stereocenters. The first-order valence-corrected chi connectivity index (χ1v) is 3.62. The quantitative estimate of drug-likeness (QED) is 0.385. The smallest absolute Gasteiger partial charge is 0.184 e. The Kier molecular flexibility index (Phi) is 3.08. The van der Waals surface area contributed by atoms with Crippen LogP contribution in [-0.4, -0.2) is 13.4 Å². The van der Waals surface area contributed by atoms with Crippen molar-refractivity contribution < 1.29 is 9.53 Å². The molecule has 0 radical (unpaired) electrons. The van der Waals surface area contributed by atoms with Crippen molar-refractivity contribution in [1.82, 2.24) is 0 Å². The summed E-state index contributed by atoms with van der Waals surface area (Å²) in [7, 11) is 1.48. The van der Waals surface area contributed by atoms with Gasteiger partial charge in [-0.2, -0.15) is 0 Å². The van der Waals surface area contributed by atoms with Crippen molar-refractivity contribution in [3.63, 3.8) is 0 Å². The van der Waals surface area contributed by atoms with E-state index >= 15 is 0 Å². The van der Waals surface area contributed by atoms with Crippen molar-refractivity contribution in [1.29, 1.82) is 0 Å². The van der Waals surface area contributed by atoms with Gasteiger partial charge in [-0.3, -0.25) is 4.79 Å². The first kappa shape index (κ1) is 8.53. The Morgan fingerprint density at radius 1 is 1.33 bits per heavy atom. The van der Waals surface area contributed by atoms with Crippen LogP contribution in [0.15, 0.2) is 36.1 Å². The van der Waals surface area contributed by atoms with Crippen LogP contribution < -0.4 is 0 Å². The lowest BCUT2D eigenvalue weighted by atomic mass is 10.2. The van der Waals surface area contributed by atoms with Gasteiger partial charge in [0.25, 0.3) is 0 Å². The zero-order valence-electron chi connectivity index (χ0n) is 6.86. The largest absolute Gasteiger partial charge is 0.493 e. The minimum absolute atomic E-state index is 0.334. The zero-order chi connectivity index (χ0) is 8.81. The fourth-order valence-corrected chi connectivity index (χ4v) is 0.855. The van der Waals surface area contributed by atoms with Gasteiger partial charge in [0.05, 0.1) is 7.11 Å². The Balaban J connectivity index is 2.86. The molecule has 0 saturated heterocycles. The third-order valence-corrected chi connectivity index (χ3v) is 1.46. The van der Waals surface area contributed by atoms with Gasteiger partial charge in [0.2, 0.25) is 0 Å². The molecule has 0 fully saturated rings. The van der Waals surface area contributed by atoms with Gasteiger partial charge in [0, 0.05) is 0 Å². The topological polar surface area (TPSA) is 26.3 Å². The van der Waals surface area contributed by atoms with Crippen LogP contribution in [0.5, 0.6) is 0 Å². The second-order valence-electron chi connectivity index (χ2n) is 2.28. The highest BCUT2D eigenvalue weighted by atomic mass is 16.5. The van der Waals surface area contributed by atoms with Crippen molar-refractivity contribution in [2.45, 2.75) is 0 Å². The summed E-state index contributed by atoms with van der Waals surface area (Å²) in [6.45, 7) is 0. The summed E-state index contributed by atoms with van der Waals surface area (Å²) < 4.78 is 4.80. The summed E-state index contributed by atoms with van der Waals surface area (Å²) in [5, 5.41) is 0. The molecule has 1 rings (SSSR count). The highest BCUT2D eigenvalue weighted by Crippen LogP contribution is 2.04. The molecule has 1 aromatic carbocycles. The van der Waals surface area contributed by atoms with Gasteiger partial charge in [0.1, 0.15) is 0 Å². The number of hydrogen-bond donors (Lipinski definition) is 0. The number of hydrogen-bond acceptors (Lipinski definition) is 2. The van der Waals surface area contributed by atoms with E-state index in [1.165, 1.54) is 7.11 Å². The number of benzene rings is 1. The number of aldehydes is 1. The highest BCUT2D eigenvalue weighted by Gasteiger charge is 1.91. The first-order chi connectivity index (χ1) is 5.86. The van der Waals surface area contributed by atoms with E-state index in [9.17, 15) is 4.79 Å². The average Bonchev–Trinajstić information content (AvgIpc) is 2.16. The van der Waals surface area contributed by atoms with E-state index < -0.39 is 0 Å². The molecule has 0 aliphatic heterocycles. The maximum absolute atomic E-state index is 10.3. The maximum atomic E-state index is 10.3. The van der Waals surface area contributed by atoms with Crippen LogP contribution in [0.4, 0.5) is 0 Å². The molecule has 0 N–H and O–H groups in total. The van der Waals surface area contributed by atoms with Crippen LogP contribution in [0, 0.1) is 0 Å². The summed E-state index contributed by atoms with van der Waals surface area (Å²) in [4.78, 5) is 10.3. The lowest BCUT2D eigenvalue weighted by Gasteiger charge is -1.96. The summed E-state index contributed by atoms with van der Waals surface area (Å²) in [5.41, 5.74) is 0.960. The highest BCUT2D eigenvalue weighted by molar-refractivity contribution is 5.78. The minimum atomic E-state index is 0.334. The molecular formula is C10H10O2. The van der Waals surface area contributed by atoms with Gasteiger partial charge in [-0.1, -0.05) is 30.3 Å². The third kappa shape index (κ3) is 2.23. The van der Waals surface area contributed by atoms with Crippen LogP contribution in [0.1, 0.15) is 5.56 Å². The van der Waals surface area contributed by atoms with Crippen LogP contribution in [0.25, 0.3) is 6.08 Å². The molecular weight excluding hydrogens is 152 g/mol. The molecule has 0 saturated carbocycles. The molecule has 0 aromatic heterocycles. The Morgan fingerprint density at radius 3 is 2.50 bits per heavy atom. The molecule has 0 heterocycles. The van der Waals surface area contributed by atoms with Gasteiger partial charge in [-0.15, -0.1) is 0 Å². The van der Waals surface area contributed by atoms with E-state index in [1.54, 1.807) is 6.08 Å². The molecule has 0 aliphatic rings. The normalized spacial score (nSPS) is 10.9. The van der Waals surface area contributed by atoms with Gasteiger partial charge >= 0.3 is 0 Å². The summed E-state index contributed by atoms with van der Waals surface area (Å²) in [6.07, 6.45) is 2.38. The standard InChI is InChI=1S/C10H10O2/c1-12-10(8-11)7-9-5-3-2-4-6-9/h2-8H,1H3/b10-7+. The number of carbonyl (C=O) groups excluding carboxylic acids is 1. The molecule has 1 aromatic rings. The van der Waals surface area contributed by atoms with E-state index in [1.807, 2.05) is 30.3 Å². The SMILES string of the molecule is CO/C(C=O)=C/c1ccccc1. The van der Waals surface area contributed by atoms with Crippen molar-refractivity contribution in [3.05, 3.63) is 41.7 Å². The molecule has 0 amide bonds. The minimum Gasteiger partial charge on any atom is -0.493 e. The van der Waals surface area contributed by atoms with Gasteiger partial charge < -0.3 is 4.74 Å². The molecule has 0 bridgehead atoms. The summed E-state index contributed by atoms with van der Waals surface area (Å²) in [5.74, 6) is 0.334. The first-order valence-electron chi connectivity index (χ1n) is 3.62. The molecule has 0 aliphatic carbocycles. The molecule has 2 nitrogen and oxygen atoms in total. The van der Waals surface area contributed by atoms with Crippen LogP contribution in [0.2, 0.25) is 0 Å². The van der Waals surface area contributed by atoms with Gasteiger partial charge in [-0.05, 0) is 11.6 Å². The lowest BCUT2D eigenvalue weighted by Crippen LogP contribution is -1.86. The second-order valence-corrected chi connectivity index (χ2v) is 2.28. The lowest BCUT2D eigenvalue weighted by molar-refractivity contribution is -0.107. The predicted molar refractivity (Wildman–Crippen MR) is 47.5 cm³/mol. The fraction of sp³-hybridized carbons (Fsp3) is 0.100. The van der Waals surface area contributed by atoms with Crippen molar-refractivity contribution >= 4 is 12.4 Å². The number of methoxy groups -OCH3 is 1. The molecule has 62 valence electrons. The number of allylic oxidation sites excluding steroid dienone is 1. The Labute approximate surface area is 71.5 Å². The summed E-state index contributed by atoms with van der Waals surface area (Å²) >= 11 is 0. The van der Waals surface area contributed by atoms with Gasteiger partial charge in [-0.25, -0.2) is 0 Å². The molecule has 12 heavy (non-hydrogen) atoms. The molecule has 2 heteroatoms. The van der Waals surface area contributed by atoms with Gasteiger partial charge in [0.15, 0.2) is 12.0 Å². The van der Waals surface area contributed by atoms with E-state index in [0.29, 0.717) is 12.0 Å². The monoisotopic (exact) mass is 162 g/mol. The average molecular weight is 162 g/mol. The predicted octanol–water partition coefficient (Wildman–Crippen LogP) is 1.87. The number of rotatable bonds is 3. The van der Waals surface area contributed by atoms with Crippen LogP contribution in [-0.2, 0) is 9.53 Å². The Bertz CT molecular complexity index is 275. The van der Waals surface area contributed by atoms with E-state index in [4.69, 9.17) is 4.74 Å². The van der Waals surface area contributed by atoms with Crippen LogP contribution in [0.3, 0.4) is 0 Å². The fourth-order valence-electron chi connectivity index (χ4n) is 0.855. The van der Waals surface area contributed by atoms with Crippen molar-refractivity contribution in [2.24, 2.45) is 0 Å². The summed E-state index contributed by atoms with van der Waals surface area (Å²) in [6, 6.07) is 9.55. The Hall–Kier alpha value is -1.57. The van der Waals surface area contributed by atoms with E-state index in [2.05, 4.69) is 0 Å². The Morgan fingerprint density at radius 2 is 2.00 bits per heavy atom. The van der Waals surface area contributed by atoms with Crippen LogP contribution >= 0.6 is 0 Å². The zero-order valence-corrected chi connectivity index (χ0v) is 6.86. The maximum Gasteiger partial charge on any atom is 0.184 e. The van der Waals surface area contributed by atoms with Crippen molar-refractivity contribution in [2.75, 3.05) is 7.11 Å². The molecule has 0 spiro atoms. The van der Waals surface area contributed by atoms with Crippen molar-refractivity contribution in [3.8, 4) is 0 Å². The molecule has 0 atom stereocenters. The number of carbonyl (C=O) groups is 1. The second kappa shape index (κ2) is 4.34. The van der Waals surface area contributed by atoms with E-state index in [-0.39, 0.29) is 0 Å². The third-order valence-electron chi connectivity index (χ3n) is 1.46.